The molecule has 14 heavy (non-hydrogen) atoms. The molecule has 3 aromatic rings. The highest BCUT2D eigenvalue weighted by atomic mass is 32.1. The van der Waals surface area contributed by atoms with Gasteiger partial charge in [-0.3, -0.25) is 0 Å². The molecule has 0 unspecified atom stereocenters. The lowest BCUT2D eigenvalue weighted by Crippen LogP contribution is -1.78. The smallest absolute Gasteiger partial charge is 0.0824 e. The van der Waals surface area contributed by atoms with Gasteiger partial charge in [0.25, 0.3) is 0 Å². The fourth-order valence-electron chi connectivity index (χ4n) is 1.60. The summed E-state index contributed by atoms with van der Waals surface area (Å²) in [5.41, 5.74) is 3.39. The van der Waals surface area contributed by atoms with Crippen molar-refractivity contribution >= 4 is 49.2 Å². The van der Waals surface area contributed by atoms with Crippen molar-refractivity contribution in [2.45, 2.75) is 0 Å². The highest BCUT2D eigenvalue weighted by Gasteiger charge is 2.07. The second kappa shape index (κ2) is 2.90. The van der Waals surface area contributed by atoms with Crippen LogP contribution in [0.2, 0.25) is 0 Å². The van der Waals surface area contributed by atoms with Crippen LogP contribution in [-0.2, 0) is 0 Å². The summed E-state index contributed by atoms with van der Waals surface area (Å²) in [7, 11) is 0. The van der Waals surface area contributed by atoms with E-state index in [9.17, 15) is 0 Å². The van der Waals surface area contributed by atoms with E-state index in [-0.39, 0.29) is 0 Å². The van der Waals surface area contributed by atoms with Gasteiger partial charge in [0, 0.05) is 5.56 Å². The van der Waals surface area contributed by atoms with Gasteiger partial charge in [-0.05, 0) is 22.9 Å². The lowest BCUT2D eigenvalue weighted by molar-refractivity contribution is 1.54. The van der Waals surface area contributed by atoms with E-state index >= 15 is 0 Å². The minimum atomic E-state index is 1.08. The lowest BCUT2D eigenvalue weighted by Gasteiger charge is -1.97. The van der Waals surface area contributed by atoms with Crippen molar-refractivity contribution in [3.05, 3.63) is 35.0 Å². The van der Waals surface area contributed by atoms with Gasteiger partial charge in [0.05, 0.1) is 20.4 Å². The van der Waals surface area contributed by atoms with Gasteiger partial charge < -0.3 is 0 Å². The summed E-state index contributed by atoms with van der Waals surface area (Å²) in [5, 5.41) is 4.16. The second-order valence-corrected chi connectivity index (χ2v) is 4.83. The van der Waals surface area contributed by atoms with Crippen molar-refractivity contribution in [1.29, 1.82) is 0 Å². The third kappa shape index (κ3) is 0.966. The highest BCUT2D eigenvalue weighted by Crippen LogP contribution is 2.33. The maximum Gasteiger partial charge on any atom is 0.0824 e. The van der Waals surface area contributed by atoms with E-state index in [4.69, 9.17) is 0 Å². The van der Waals surface area contributed by atoms with Crippen LogP contribution in [0.3, 0.4) is 0 Å². The molecule has 0 saturated heterocycles. The predicted molar refractivity (Wildman–Crippen MR) is 65.1 cm³/mol. The van der Waals surface area contributed by atoms with Crippen LogP contribution in [0, 0.1) is 0 Å². The Bertz CT molecular complexity index is 570. The van der Waals surface area contributed by atoms with Crippen LogP contribution in [0.15, 0.2) is 29.5 Å². The van der Waals surface area contributed by atoms with Gasteiger partial charge in [-0.25, -0.2) is 4.98 Å². The molecule has 3 rings (SSSR count). The molecule has 1 nitrogen and oxygen atoms in total. The van der Waals surface area contributed by atoms with E-state index in [0.717, 1.165) is 11.0 Å². The summed E-state index contributed by atoms with van der Waals surface area (Å²) in [6, 6.07) is 4.12. The van der Waals surface area contributed by atoms with Gasteiger partial charge in [-0.2, -0.15) is 0 Å². The molecule has 0 fully saturated rings. The van der Waals surface area contributed by atoms with Crippen LogP contribution in [0.4, 0.5) is 0 Å². The van der Waals surface area contributed by atoms with Crippen LogP contribution in [-0.4, -0.2) is 4.98 Å². The number of hydrogen-bond donors (Lipinski definition) is 0. The summed E-state index contributed by atoms with van der Waals surface area (Å²) in [6.07, 6.45) is 1.93. The number of nitrogens with zero attached hydrogens (tertiary/aromatic N) is 1. The average Bonchev–Trinajstić information content (AvgIpc) is 2.80. The third-order valence-corrected chi connectivity index (χ3v) is 4.10. The number of hydrogen-bond acceptors (Lipinski definition) is 3. The maximum atomic E-state index is 4.58. The monoisotopic (exact) mass is 217 g/mol. The standard InChI is InChI=1S/C11H7NS2/c1-2-7-10-8(3-5-13-10)12-9-4-6-14-11(7)9/h2-6H,1H2. The minimum absolute atomic E-state index is 1.08. The van der Waals surface area contributed by atoms with Crippen LogP contribution >= 0.6 is 22.7 Å². The molecule has 0 aromatic carbocycles. The third-order valence-electron chi connectivity index (χ3n) is 2.22. The highest BCUT2D eigenvalue weighted by molar-refractivity contribution is 7.20. The molecule has 0 radical (unpaired) electrons. The Labute approximate surface area is 89.3 Å². The Morgan fingerprint density at radius 1 is 1.07 bits per heavy atom. The average molecular weight is 217 g/mol. The van der Waals surface area contributed by atoms with Gasteiger partial charge in [-0.15, -0.1) is 22.7 Å². The molecule has 0 N–H and O–H groups in total. The molecule has 3 aromatic heterocycles. The Hall–Kier alpha value is -1.19. The van der Waals surface area contributed by atoms with Gasteiger partial charge in [0.1, 0.15) is 0 Å². The quantitative estimate of drug-likeness (QED) is 0.596. The molecule has 0 aliphatic heterocycles. The van der Waals surface area contributed by atoms with E-state index < -0.39 is 0 Å². The minimum Gasteiger partial charge on any atom is -0.246 e. The first-order valence-electron chi connectivity index (χ1n) is 4.27. The molecule has 3 heterocycles. The Morgan fingerprint density at radius 3 is 2.14 bits per heavy atom. The maximum absolute atomic E-state index is 4.58. The second-order valence-electron chi connectivity index (χ2n) is 3.00. The Morgan fingerprint density at radius 2 is 1.64 bits per heavy atom. The fourth-order valence-corrected chi connectivity index (χ4v) is 3.43. The van der Waals surface area contributed by atoms with Crippen LogP contribution in [0.25, 0.3) is 26.5 Å². The van der Waals surface area contributed by atoms with E-state index in [1.54, 1.807) is 22.7 Å². The van der Waals surface area contributed by atoms with E-state index in [0.29, 0.717) is 0 Å². The fraction of sp³-hybridized carbons (Fsp3) is 0. The topological polar surface area (TPSA) is 12.9 Å². The zero-order chi connectivity index (χ0) is 9.54. The van der Waals surface area contributed by atoms with Crippen molar-refractivity contribution in [2.75, 3.05) is 0 Å². The molecule has 68 valence electrons. The van der Waals surface area contributed by atoms with Crippen molar-refractivity contribution in [3.8, 4) is 0 Å². The number of fused-ring (bicyclic) bond motifs is 2. The molecular formula is C11H7NS2. The van der Waals surface area contributed by atoms with Crippen LogP contribution in [0.1, 0.15) is 5.56 Å². The van der Waals surface area contributed by atoms with E-state index in [1.165, 1.54) is 15.0 Å². The molecule has 0 amide bonds. The van der Waals surface area contributed by atoms with Crippen LogP contribution < -0.4 is 0 Å². The normalized spacial score (nSPS) is 11.1. The molecule has 0 bridgehead atoms. The number of rotatable bonds is 1. The van der Waals surface area contributed by atoms with Gasteiger partial charge in [-0.1, -0.05) is 12.7 Å². The SMILES string of the molecule is C=Cc1c2sccc2nc2ccsc12. The van der Waals surface area contributed by atoms with Crippen molar-refractivity contribution < 1.29 is 0 Å². The summed E-state index contributed by atoms with van der Waals surface area (Å²) < 4.78 is 2.49. The van der Waals surface area contributed by atoms with Crippen molar-refractivity contribution in [3.63, 3.8) is 0 Å². The molecule has 3 heteroatoms. The van der Waals surface area contributed by atoms with E-state index in [1.807, 2.05) is 6.08 Å². The summed E-state index contributed by atoms with van der Waals surface area (Å²) in [5.74, 6) is 0. The molecule has 0 aliphatic carbocycles. The van der Waals surface area contributed by atoms with Gasteiger partial charge >= 0.3 is 0 Å². The Kier molecular flexibility index (Phi) is 1.69. The zero-order valence-corrected chi connectivity index (χ0v) is 8.99. The van der Waals surface area contributed by atoms with Crippen molar-refractivity contribution in [2.24, 2.45) is 0 Å². The summed E-state index contributed by atoms with van der Waals surface area (Å²) in [6.45, 7) is 3.88. The molecule has 0 saturated carbocycles. The summed E-state index contributed by atoms with van der Waals surface area (Å²) in [4.78, 5) is 4.58. The summed E-state index contributed by atoms with van der Waals surface area (Å²) >= 11 is 3.46. The van der Waals surface area contributed by atoms with Crippen molar-refractivity contribution in [1.82, 2.24) is 4.98 Å². The largest absolute Gasteiger partial charge is 0.246 e. The molecule has 0 spiro atoms. The molecule has 0 atom stereocenters. The predicted octanol–water partition coefficient (Wildman–Crippen LogP) is 4.15. The lowest BCUT2D eigenvalue weighted by atomic mass is 10.2. The van der Waals surface area contributed by atoms with Gasteiger partial charge in [0.2, 0.25) is 0 Å². The first-order chi connectivity index (χ1) is 6.90. The molecule has 0 aliphatic rings. The molecular weight excluding hydrogens is 210 g/mol. The van der Waals surface area contributed by atoms with Gasteiger partial charge in [0.15, 0.2) is 0 Å². The Balaban J connectivity index is 2.66. The number of thiophene rings is 2. The van der Waals surface area contributed by atoms with Crippen LogP contribution in [0.5, 0.6) is 0 Å². The first kappa shape index (κ1) is 8.15. The first-order valence-corrected chi connectivity index (χ1v) is 6.03. The van der Waals surface area contributed by atoms with E-state index in [2.05, 4.69) is 34.5 Å². The number of aromatic nitrogens is 1. The zero-order valence-electron chi connectivity index (χ0n) is 7.36. The number of pyridine rings is 1.